The molecule has 2 saturated heterocycles. The van der Waals surface area contributed by atoms with Crippen LogP contribution in [0.3, 0.4) is 0 Å². The molecule has 0 spiro atoms. The highest BCUT2D eigenvalue weighted by Gasteiger charge is 2.28. The summed E-state index contributed by atoms with van der Waals surface area (Å²) in [7, 11) is 0. The molecule has 0 radical (unpaired) electrons. The SMILES string of the molecule is CC(C)C(N)CCN1CCN2CCCCC2C1. The summed E-state index contributed by atoms with van der Waals surface area (Å²) < 4.78 is 0. The molecule has 17 heavy (non-hydrogen) atoms. The molecule has 0 aromatic heterocycles. The summed E-state index contributed by atoms with van der Waals surface area (Å²) in [5.74, 6) is 0.617. The Kier molecular flexibility index (Phi) is 4.83. The Labute approximate surface area is 106 Å². The molecule has 100 valence electrons. The van der Waals surface area contributed by atoms with Crippen molar-refractivity contribution in [1.29, 1.82) is 0 Å². The molecule has 2 N–H and O–H groups in total. The minimum Gasteiger partial charge on any atom is -0.327 e. The van der Waals surface area contributed by atoms with E-state index in [-0.39, 0.29) is 0 Å². The van der Waals surface area contributed by atoms with Gasteiger partial charge >= 0.3 is 0 Å². The molecule has 3 heteroatoms. The van der Waals surface area contributed by atoms with Crippen LogP contribution in [0, 0.1) is 5.92 Å². The third-order valence-corrected chi connectivity index (χ3v) is 4.56. The standard InChI is InChI=1S/C14H29N3/c1-12(2)14(15)6-8-16-9-10-17-7-4-3-5-13(17)11-16/h12-14H,3-11,15H2,1-2H3. The van der Waals surface area contributed by atoms with Crippen molar-refractivity contribution in [2.45, 2.75) is 51.6 Å². The number of hydrogen-bond donors (Lipinski definition) is 1. The Morgan fingerprint density at radius 2 is 2.00 bits per heavy atom. The van der Waals surface area contributed by atoms with Gasteiger partial charge in [-0.15, -0.1) is 0 Å². The Bertz CT molecular complexity index is 230. The number of piperazine rings is 1. The van der Waals surface area contributed by atoms with Crippen LogP contribution in [0.4, 0.5) is 0 Å². The van der Waals surface area contributed by atoms with Gasteiger partial charge in [-0.25, -0.2) is 0 Å². The molecule has 2 atom stereocenters. The minimum absolute atomic E-state index is 0.374. The monoisotopic (exact) mass is 239 g/mol. The topological polar surface area (TPSA) is 32.5 Å². The Morgan fingerprint density at radius 3 is 2.76 bits per heavy atom. The highest BCUT2D eigenvalue weighted by atomic mass is 15.3. The van der Waals surface area contributed by atoms with Crippen molar-refractivity contribution in [3.8, 4) is 0 Å². The van der Waals surface area contributed by atoms with Crippen LogP contribution in [0.25, 0.3) is 0 Å². The van der Waals surface area contributed by atoms with Gasteiger partial charge in [0.1, 0.15) is 0 Å². The predicted molar refractivity (Wildman–Crippen MR) is 73.1 cm³/mol. The summed E-state index contributed by atoms with van der Waals surface area (Å²) in [5, 5.41) is 0. The van der Waals surface area contributed by atoms with E-state index in [1.165, 1.54) is 52.0 Å². The number of fused-ring (bicyclic) bond motifs is 1. The third-order valence-electron chi connectivity index (χ3n) is 4.56. The molecule has 0 aliphatic carbocycles. The van der Waals surface area contributed by atoms with E-state index in [1.807, 2.05) is 0 Å². The van der Waals surface area contributed by atoms with Gasteiger partial charge in [0.2, 0.25) is 0 Å². The zero-order valence-corrected chi connectivity index (χ0v) is 11.6. The van der Waals surface area contributed by atoms with Gasteiger partial charge in [0.15, 0.2) is 0 Å². The fraction of sp³-hybridized carbons (Fsp3) is 1.00. The first-order chi connectivity index (χ1) is 8.16. The molecule has 0 aromatic rings. The highest BCUT2D eigenvalue weighted by molar-refractivity contribution is 4.85. The summed E-state index contributed by atoms with van der Waals surface area (Å²) in [5.41, 5.74) is 6.13. The molecule has 0 aromatic carbocycles. The van der Waals surface area contributed by atoms with Crippen LogP contribution < -0.4 is 5.73 Å². The second-order valence-corrected chi connectivity index (χ2v) is 6.18. The van der Waals surface area contributed by atoms with Gasteiger partial charge in [-0.3, -0.25) is 4.90 Å². The maximum absolute atomic E-state index is 6.13. The molecule has 0 bridgehead atoms. The molecule has 2 unspecified atom stereocenters. The number of rotatable bonds is 4. The van der Waals surface area contributed by atoms with Crippen molar-refractivity contribution in [3.05, 3.63) is 0 Å². The van der Waals surface area contributed by atoms with Crippen molar-refractivity contribution >= 4 is 0 Å². The van der Waals surface area contributed by atoms with Gasteiger partial charge in [0.05, 0.1) is 0 Å². The smallest absolute Gasteiger partial charge is 0.0223 e. The van der Waals surface area contributed by atoms with Gasteiger partial charge in [-0.05, 0) is 38.3 Å². The molecular formula is C14H29N3. The average molecular weight is 239 g/mol. The highest BCUT2D eigenvalue weighted by Crippen LogP contribution is 2.21. The Balaban J connectivity index is 1.72. The Morgan fingerprint density at radius 1 is 1.18 bits per heavy atom. The van der Waals surface area contributed by atoms with Crippen LogP contribution in [0.1, 0.15) is 39.5 Å². The van der Waals surface area contributed by atoms with Crippen molar-refractivity contribution in [1.82, 2.24) is 9.80 Å². The van der Waals surface area contributed by atoms with Gasteiger partial charge in [0.25, 0.3) is 0 Å². The second-order valence-electron chi connectivity index (χ2n) is 6.18. The van der Waals surface area contributed by atoms with E-state index in [0.717, 1.165) is 12.5 Å². The van der Waals surface area contributed by atoms with Gasteiger partial charge in [-0.2, -0.15) is 0 Å². The summed E-state index contributed by atoms with van der Waals surface area (Å²) in [6.45, 7) is 10.8. The number of piperidine rings is 1. The van der Waals surface area contributed by atoms with Crippen molar-refractivity contribution in [3.63, 3.8) is 0 Å². The van der Waals surface area contributed by atoms with Crippen LogP contribution in [-0.2, 0) is 0 Å². The molecule has 2 aliphatic rings. The normalized spacial score (nSPS) is 29.3. The number of hydrogen-bond acceptors (Lipinski definition) is 3. The summed E-state index contributed by atoms with van der Waals surface area (Å²) >= 11 is 0. The van der Waals surface area contributed by atoms with E-state index in [9.17, 15) is 0 Å². The average Bonchev–Trinajstić information content (AvgIpc) is 2.35. The van der Waals surface area contributed by atoms with E-state index < -0.39 is 0 Å². The molecule has 2 fully saturated rings. The molecule has 2 heterocycles. The van der Waals surface area contributed by atoms with E-state index in [1.54, 1.807) is 0 Å². The third kappa shape index (κ3) is 3.67. The van der Waals surface area contributed by atoms with Crippen molar-refractivity contribution in [2.75, 3.05) is 32.7 Å². The lowest BCUT2D eigenvalue weighted by Gasteiger charge is -2.44. The predicted octanol–water partition coefficient (Wildman–Crippen LogP) is 1.53. The van der Waals surface area contributed by atoms with Crippen LogP contribution in [0.15, 0.2) is 0 Å². The molecule has 0 amide bonds. The van der Waals surface area contributed by atoms with E-state index in [0.29, 0.717) is 12.0 Å². The first-order valence-electron chi connectivity index (χ1n) is 7.39. The molecule has 3 nitrogen and oxygen atoms in total. The van der Waals surface area contributed by atoms with Crippen molar-refractivity contribution < 1.29 is 0 Å². The van der Waals surface area contributed by atoms with Crippen LogP contribution in [0.5, 0.6) is 0 Å². The molecular weight excluding hydrogens is 210 g/mol. The van der Waals surface area contributed by atoms with E-state index in [4.69, 9.17) is 5.73 Å². The van der Waals surface area contributed by atoms with Gasteiger partial charge < -0.3 is 10.6 Å². The zero-order valence-electron chi connectivity index (χ0n) is 11.6. The first-order valence-corrected chi connectivity index (χ1v) is 7.39. The largest absolute Gasteiger partial charge is 0.327 e. The summed E-state index contributed by atoms with van der Waals surface area (Å²) in [6.07, 6.45) is 5.41. The lowest BCUT2D eigenvalue weighted by molar-refractivity contribution is 0.0475. The minimum atomic E-state index is 0.374. The van der Waals surface area contributed by atoms with Crippen molar-refractivity contribution in [2.24, 2.45) is 11.7 Å². The zero-order chi connectivity index (χ0) is 12.3. The number of nitrogens with zero attached hydrogens (tertiary/aromatic N) is 2. The lowest BCUT2D eigenvalue weighted by Crippen LogP contribution is -2.55. The van der Waals surface area contributed by atoms with E-state index in [2.05, 4.69) is 23.6 Å². The van der Waals surface area contributed by atoms with E-state index >= 15 is 0 Å². The van der Waals surface area contributed by atoms with Crippen LogP contribution in [-0.4, -0.2) is 54.6 Å². The molecule has 0 saturated carbocycles. The van der Waals surface area contributed by atoms with Gasteiger partial charge in [0, 0.05) is 31.7 Å². The first kappa shape index (κ1) is 13.3. The quantitative estimate of drug-likeness (QED) is 0.807. The van der Waals surface area contributed by atoms with Crippen LogP contribution >= 0.6 is 0 Å². The second kappa shape index (κ2) is 6.17. The Hall–Kier alpha value is -0.120. The molecule has 2 aliphatic heterocycles. The van der Waals surface area contributed by atoms with Gasteiger partial charge in [-0.1, -0.05) is 20.3 Å². The fourth-order valence-corrected chi connectivity index (χ4v) is 3.09. The summed E-state index contributed by atoms with van der Waals surface area (Å²) in [6, 6.07) is 1.21. The summed E-state index contributed by atoms with van der Waals surface area (Å²) in [4.78, 5) is 5.33. The van der Waals surface area contributed by atoms with Crippen LogP contribution in [0.2, 0.25) is 0 Å². The lowest BCUT2D eigenvalue weighted by atomic mass is 9.98. The maximum atomic E-state index is 6.13. The maximum Gasteiger partial charge on any atom is 0.0223 e. The fourth-order valence-electron chi connectivity index (χ4n) is 3.09. The molecule has 2 rings (SSSR count). The number of nitrogens with two attached hydrogens (primary N) is 1.